The minimum atomic E-state index is -1.04. The maximum atomic E-state index is 11.4. The Labute approximate surface area is 133 Å². The molecule has 3 rings (SSSR count). The van der Waals surface area contributed by atoms with Gasteiger partial charge in [-0.3, -0.25) is 0 Å². The van der Waals surface area contributed by atoms with Gasteiger partial charge in [0.15, 0.2) is 5.60 Å². The Kier molecular flexibility index (Phi) is 4.61. The molecule has 22 heavy (non-hydrogen) atoms. The van der Waals surface area contributed by atoms with Crippen molar-refractivity contribution in [2.75, 3.05) is 0 Å². The molecular weight excluding hydrogens is 268 g/mol. The standard InChI is InChI=1S/C21H22O/c22-21(19-12-6-2-7-13-19,20-14-8-3-9-15-20)17-16-18-10-4-1-5-11-18/h1-2,4-7,10-13,20,22H,3,8-9,14-15H2/t21-/m1/s1. The molecule has 1 saturated carbocycles. The van der Waals surface area contributed by atoms with E-state index in [1.165, 1.54) is 19.3 Å². The van der Waals surface area contributed by atoms with Crippen molar-refractivity contribution in [3.05, 3.63) is 71.8 Å². The smallest absolute Gasteiger partial charge is 0.154 e. The van der Waals surface area contributed by atoms with E-state index in [1.54, 1.807) is 0 Å². The topological polar surface area (TPSA) is 20.2 Å². The van der Waals surface area contributed by atoms with Crippen molar-refractivity contribution >= 4 is 0 Å². The van der Waals surface area contributed by atoms with Gasteiger partial charge in [-0.1, -0.05) is 79.6 Å². The van der Waals surface area contributed by atoms with Gasteiger partial charge in [-0.25, -0.2) is 0 Å². The quantitative estimate of drug-likeness (QED) is 0.807. The molecular formula is C21H22O. The van der Waals surface area contributed by atoms with Gasteiger partial charge in [-0.05, 0) is 30.5 Å². The van der Waals surface area contributed by atoms with Crippen LogP contribution in [0.25, 0.3) is 0 Å². The maximum absolute atomic E-state index is 11.4. The van der Waals surface area contributed by atoms with Crippen LogP contribution in [0.15, 0.2) is 60.7 Å². The molecule has 0 radical (unpaired) electrons. The van der Waals surface area contributed by atoms with E-state index in [4.69, 9.17) is 0 Å². The predicted molar refractivity (Wildman–Crippen MR) is 90.2 cm³/mol. The average molecular weight is 290 g/mol. The number of aliphatic hydroxyl groups is 1. The monoisotopic (exact) mass is 290 g/mol. The molecule has 112 valence electrons. The van der Waals surface area contributed by atoms with E-state index in [2.05, 4.69) is 11.8 Å². The van der Waals surface area contributed by atoms with Crippen LogP contribution in [0, 0.1) is 17.8 Å². The Balaban J connectivity index is 1.98. The fourth-order valence-electron chi connectivity index (χ4n) is 3.31. The van der Waals surface area contributed by atoms with E-state index in [9.17, 15) is 5.11 Å². The molecule has 1 N–H and O–H groups in total. The van der Waals surface area contributed by atoms with Crippen LogP contribution in [0.3, 0.4) is 0 Å². The second-order valence-electron chi connectivity index (χ2n) is 6.08. The highest BCUT2D eigenvalue weighted by atomic mass is 16.3. The van der Waals surface area contributed by atoms with E-state index >= 15 is 0 Å². The van der Waals surface area contributed by atoms with Crippen molar-refractivity contribution < 1.29 is 5.11 Å². The number of rotatable bonds is 2. The van der Waals surface area contributed by atoms with E-state index < -0.39 is 5.60 Å². The molecule has 1 fully saturated rings. The molecule has 0 amide bonds. The van der Waals surface area contributed by atoms with Gasteiger partial charge in [-0.15, -0.1) is 0 Å². The Morgan fingerprint density at radius 1 is 0.818 bits per heavy atom. The number of benzene rings is 2. The molecule has 0 aliphatic heterocycles. The van der Waals surface area contributed by atoms with Crippen molar-refractivity contribution in [1.82, 2.24) is 0 Å². The van der Waals surface area contributed by atoms with Crippen LogP contribution in [-0.2, 0) is 5.60 Å². The Morgan fingerprint density at radius 3 is 2.05 bits per heavy atom. The van der Waals surface area contributed by atoms with Crippen molar-refractivity contribution in [3.8, 4) is 11.8 Å². The minimum Gasteiger partial charge on any atom is -0.373 e. The molecule has 1 heteroatoms. The van der Waals surface area contributed by atoms with E-state index in [0.717, 1.165) is 24.0 Å². The summed E-state index contributed by atoms with van der Waals surface area (Å²) in [5.74, 6) is 6.61. The molecule has 0 aromatic heterocycles. The van der Waals surface area contributed by atoms with Crippen molar-refractivity contribution in [2.45, 2.75) is 37.7 Å². The van der Waals surface area contributed by atoms with Gasteiger partial charge < -0.3 is 5.11 Å². The van der Waals surface area contributed by atoms with E-state index in [0.29, 0.717) is 0 Å². The van der Waals surface area contributed by atoms with Gasteiger partial charge in [0.05, 0.1) is 0 Å². The number of hydrogen-bond acceptors (Lipinski definition) is 1. The summed E-state index contributed by atoms with van der Waals surface area (Å²) in [7, 11) is 0. The molecule has 2 aromatic rings. The number of hydrogen-bond donors (Lipinski definition) is 1. The van der Waals surface area contributed by atoms with Crippen LogP contribution in [0.1, 0.15) is 43.2 Å². The van der Waals surface area contributed by atoms with Gasteiger partial charge in [0.25, 0.3) is 0 Å². The van der Waals surface area contributed by atoms with E-state index in [-0.39, 0.29) is 5.92 Å². The van der Waals surface area contributed by atoms with Crippen molar-refractivity contribution in [1.29, 1.82) is 0 Å². The first kappa shape index (κ1) is 14.9. The van der Waals surface area contributed by atoms with Crippen LogP contribution in [0.4, 0.5) is 0 Å². The van der Waals surface area contributed by atoms with Crippen molar-refractivity contribution in [2.24, 2.45) is 5.92 Å². The van der Waals surface area contributed by atoms with Crippen LogP contribution >= 0.6 is 0 Å². The third-order valence-electron chi connectivity index (χ3n) is 4.58. The summed E-state index contributed by atoms with van der Waals surface area (Å²) in [5.41, 5.74) is 0.829. The fourth-order valence-corrected chi connectivity index (χ4v) is 3.31. The first-order chi connectivity index (χ1) is 10.8. The largest absolute Gasteiger partial charge is 0.373 e. The van der Waals surface area contributed by atoms with Crippen LogP contribution in [0.5, 0.6) is 0 Å². The highest BCUT2D eigenvalue weighted by molar-refractivity contribution is 5.40. The highest BCUT2D eigenvalue weighted by Crippen LogP contribution is 2.39. The third-order valence-corrected chi connectivity index (χ3v) is 4.58. The Bertz CT molecular complexity index is 645. The Morgan fingerprint density at radius 2 is 1.41 bits per heavy atom. The molecule has 0 heterocycles. The van der Waals surface area contributed by atoms with Crippen LogP contribution < -0.4 is 0 Å². The summed E-state index contributed by atoms with van der Waals surface area (Å²) in [6.07, 6.45) is 5.75. The lowest BCUT2D eigenvalue weighted by Gasteiger charge is -2.35. The molecule has 1 aliphatic carbocycles. The summed E-state index contributed by atoms with van der Waals surface area (Å²) < 4.78 is 0. The summed E-state index contributed by atoms with van der Waals surface area (Å²) in [6, 6.07) is 19.8. The van der Waals surface area contributed by atoms with Gasteiger partial charge in [-0.2, -0.15) is 0 Å². The SMILES string of the molecule is O[C@](C#Cc1ccccc1)(c1ccccc1)C1CCCCC1. The summed E-state index contributed by atoms with van der Waals surface area (Å²) in [6.45, 7) is 0. The summed E-state index contributed by atoms with van der Waals surface area (Å²) in [5, 5.41) is 11.4. The van der Waals surface area contributed by atoms with Gasteiger partial charge in [0.1, 0.15) is 0 Å². The Hall–Kier alpha value is -2.04. The molecule has 0 bridgehead atoms. The van der Waals surface area contributed by atoms with Gasteiger partial charge in [0.2, 0.25) is 0 Å². The zero-order chi connectivity index (χ0) is 15.3. The first-order valence-electron chi connectivity index (χ1n) is 8.15. The van der Waals surface area contributed by atoms with Gasteiger partial charge in [0, 0.05) is 11.5 Å². The van der Waals surface area contributed by atoms with Crippen molar-refractivity contribution in [3.63, 3.8) is 0 Å². The lowest BCUT2D eigenvalue weighted by atomic mass is 9.73. The molecule has 1 atom stereocenters. The lowest BCUT2D eigenvalue weighted by molar-refractivity contribution is 0.0160. The molecule has 1 nitrogen and oxygen atoms in total. The first-order valence-corrected chi connectivity index (χ1v) is 8.15. The average Bonchev–Trinajstić information content (AvgIpc) is 2.62. The zero-order valence-electron chi connectivity index (χ0n) is 12.8. The second kappa shape index (κ2) is 6.81. The van der Waals surface area contributed by atoms with Crippen LogP contribution in [0.2, 0.25) is 0 Å². The normalized spacial score (nSPS) is 18.0. The fraction of sp³-hybridized carbons (Fsp3) is 0.333. The molecule has 1 aliphatic rings. The summed E-state index contributed by atoms with van der Waals surface area (Å²) in [4.78, 5) is 0. The highest BCUT2D eigenvalue weighted by Gasteiger charge is 2.37. The van der Waals surface area contributed by atoms with Gasteiger partial charge >= 0.3 is 0 Å². The van der Waals surface area contributed by atoms with E-state index in [1.807, 2.05) is 60.7 Å². The summed E-state index contributed by atoms with van der Waals surface area (Å²) >= 11 is 0. The second-order valence-corrected chi connectivity index (χ2v) is 6.08. The predicted octanol–water partition coefficient (Wildman–Crippen LogP) is 4.51. The molecule has 2 aromatic carbocycles. The molecule has 0 saturated heterocycles. The molecule has 0 spiro atoms. The zero-order valence-corrected chi connectivity index (χ0v) is 12.8. The van der Waals surface area contributed by atoms with Crippen LogP contribution in [-0.4, -0.2) is 5.11 Å². The third kappa shape index (κ3) is 3.24. The molecule has 0 unspecified atom stereocenters. The minimum absolute atomic E-state index is 0.222. The maximum Gasteiger partial charge on any atom is 0.154 e. The lowest BCUT2D eigenvalue weighted by Crippen LogP contribution is -2.35.